The molecule has 0 aliphatic heterocycles. The average molecular weight is 477 g/mol. The molecule has 6 N–H and O–H groups in total. The summed E-state index contributed by atoms with van der Waals surface area (Å²) in [5.41, 5.74) is 20.3. The zero-order chi connectivity index (χ0) is 25.3. The molecule has 8 nitrogen and oxygen atoms in total. The molecule has 0 spiro atoms. The van der Waals surface area contributed by atoms with Crippen molar-refractivity contribution in [2.45, 2.75) is 0 Å². The lowest BCUT2D eigenvalue weighted by Crippen LogP contribution is -2.28. The summed E-state index contributed by atoms with van der Waals surface area (Å²) < 4.78 is 0. The van der Waals surface area contributed by atoms with E-state index in [9.17, 15) is 9.59 Å². The molecule has 0 atom stereocenters. The first-order valence-electron chi connectivity index (χ1n) is 11.1. The molecule has 0 saturated carbocycles. The van der Waals surface area contributed by atoms with Crippen LogP contribution in [0.3, 0.4) is 0 Å². The summed E-state index contributed by atoms with van der Waals surface area (Å²) in [5, 5.41) is 8.82. The zero-order valence-electron chi connectivity index (χ0n) is 19.3. The molecular formula is C28H24N6O2. The van der Waals surface area contributed by atoms with Crippen LogP contribution in [0.1, 0.15) is 31.8 Å². The molecule has 0 heterocycles. The van der Waals surface area contributed by atoms with Gasteiger partial charge in [0.25, 0.3) is 11.8 Å². The summed E-state index contributed by atoms with van der Waals surface area (Å²) >= 11 is 0. The van der Waals surface area contributed by atoms with E-state index >= 15 is 0 Å². The molecule has 36 heavy (non-hydrogen) atoms. The number of nitrogens with two attached hydrogens (primary N) is 2. The van der Waals surface area contributed by atoms with Gasteiger partial charge in [0, 0.05) is 22.5 Å². The minimum atomic E-state index is -0.477. The molecule has 0 fully saturated rings. The van der Waals surface area contributed by atoms with E-state index in [4.69, 9.17) is 11.5 Å². The fourth-order valence-corrected chi connectivity index (χ4v) is 3.44. The minimum absolute atomic E-state index is 0.291. The Morgan fingerprint density at radius 1 is 0.500 bits per heavy atom. The van der Waals surface area contributed by atoms with Crippen LogP contribution in [0.4, 0.5) is 11.4 Å². The summed E-state index contributed by atoms with van der Waals surface area (Å²) in [7, 11) is 0. The minimum Gasteiger partial charge on any atom is -0.398 e. The molecule has 0 bridgehead atoms. The molecular weight excluding hydrogens is 452 g/mol. The Morgan fingerprint density at radius 2 is 0.833 bits per heavy atom. The number of anilines is 2. The summed E-state index contributed by atoms with van der Waals surface area (Å²) in [5.74, 6) is -0.954. The number of benzene rings is 4. The highest BCUT2D eigenvalue weighted by molar-refractivity contribution is 6.53. The van der Waals surface area contributed by atoms with E-state index in [0.29, 0.717) is 45.1 Å². The second-order valence-electron chi connectivity index (χ2n) is 7.71. The molecule has 4 aromatic carbocycles. The second kappa shape index (κ2) is 11.3. The van der Waals surface area contributed by atoms with E-state index in [1.807, 2.05) is 60.7 Å². The summed E-state index contributed by atoms with van der Waals surface area (Å²) in [6.07, 6.45) is 0. The number of hydrazone groups is 2. The molecule has 0 aromatic heterocycles. The molecule has 0 unspecified atom stereocenters. The Hall–Kier alpha value is -5.24. The third kappa shape index (κ3) is 5.63. The topological polar surface area (TPSA) is 135 Å². The van der Waals surface area contributed by atoms with Crippen molar-refractivity contribution in [2.24, 2.45) is 10.2 Å². The first-order valence-corrected chi connectivity index (χ1v) is 11.1. The standard InChI is InChI=1S/C28H24N6O2/c29-23-17-9-7-15-21(23)27(35)33-31-25(19-11-3-1-4-12-19)26(20-13-5-2-6-14-20)32-34-28(36)22-16-8-10-18-24(22)30/h1-18H,29-30H2,(H,33,35)(H,34,36)/b31-25-,32-26+. The Morgan fingerprint density at radius 3 is 1.19 bits per heavy atom. The van der Waals surface area contributed by atoms with Gasteiger partial charge in [0.15, 0.2) is 0 Å². The Bertz CT molecular complexity index is 1320. The fourth-order valence-electron chi connectivity index (χ4n) is 3.44. The molecule has 4 aromatic rings. The number of nitrogens with zero attached hydrogens (tertiary/aromatic N) is 2. The van der Waals surface area contributed by atoms with Gasteiger partial charge in [-0.15, -0.1) is 0 Å². The molecule has 2 amide bonds. The van der Waals surface area contributed by atoms with Crippen molar-refractivity contribution >= 4 is 34.6 Å². The lowest BCUT2D eigenvalue weighted by molar-refractivity contribution is 0.0947. The van der Waals surface area contributed by atoms with Crippen LogP contribution in [0.15, 0.2) is 119 Å². The summed E-state index contributed by atoms with van der Waals surface area (Å²) in [6.45, 7) is 0. The van der Waals surface area contributed by atoms with Crippen LogP contribution in [0.5, 0.6) is 0 Å². The third-order valence-electron chi connectivity index (χ3n) is 5.27. The van der Waals surface area contributed by atoms with Gasteiger partial charge in [0.2, 0.25) is 0 Å². The largest absolute Gasteiger partial charge is 0.398 e. The van der Waals surface area contributed by atoms with Crippen LogP contribution in [-0.4, -0.2) is 23.2 Å². The highest BCUT2D eigenvalue weighted by atomic mass is 16.2. The van der Waals surface area contributed by atoms with Gasteiger partial charge in [-0.1, -0.05) is 84.9 Å². The van der Waals surface area contributed by atoms with Crippen molar-refractivity contribution < 1.29 is 9.59 Å². The number of hydrogen-bond acceptors (Lipinski definition) is 6. The van der Waals surface area contributed by atoms with Gasteiger partial charge in [0.1, 0.15) is 11.4 Å². The first-order chi connectivity index (χ1) is 17.5. The molecule has 0 aliphatic carbocycles. The zero-order valence-corrected chi connectivity index (χ0v) is 19.3. The molecule has 0 radical (unpaired) electrons. The maximum atomic E-state index is 12.8. The van der Waals surface area contributed by atoms with E-state index < -0.39 is 11.8 Å². The predicted molar refractivity (Wildman–Crippen MR) is 143 cm³/mol. The number of carbonyl (C=O) groups is 2. The predicted octanol–water partition coefficient (Wildman–Crippen LogP) is 3.82. The smallest absolute Gasteiger partial charge is 0.273 e. The van der Waals surface area contributed by atoms with Crippen molar-refractivity contribution in [1.29, 1.82) is 0 Å². The van der Waals surface area contributed by atoms with Crippen LogP contribution in [0.2, 0.25) is 0 Å². The Balaban J connectivity index is 1.76. The SMILES string of the molecule is Nc1ccccc1C(=O)N/N=C(\C(=N\NC(=O)c1ccccc1N)c1ccccc1)c1ccccc1. The average Bonchev–Trinajstić information content (AvgIpc) is 2.91. The van der Waals surface area contributed by atoms with Gasteiger partial charge >= 0.3 is 0 Å². The number of carbonyl (C=O) groups excluding carboxylic acids is 2. The van der Waals surface area contributed by atoms with Gasteiger partial charge in [0.05, 0.1) is 11.1 Å². The lowest BCUT2D eigenvalue weighted by Gasteiger charge is -2.12. The van der Waals surface area contributed by atoms with Gasteiger partial charge < -0.3 is 11.5 Å². The van der Waals surface area contributed by atoms with E-state index in [1.165, 1.54) is 0 Å². The number of para-hydroxylation sites is 2. The van der Waals surface area contributed by atoms with Gasteiger partial charge in [-0.05, 0) is 24.3 Å². The molecule has 0 saturated heterocycles. The molecule has 4 rings (SSSR count). The van der Waals surface area contributed by atoms with Crippen molar-refractivity contribution in [3.05, 3.63) is 131 Å². The molecule has 0 aliphatic rings. The van der Waals surface area contributed by atoms with E-state index in [2.05, 4.69) is 21.1 Å². The van der Waals surface area contributed by atoms with Gasteiger partial charge in [-0.3, -0.25) is 9.59 Å². The third-order valence-corrected chi connectivity index (χ3v) is 5.27. The van der Waals surface area contributed by atoms with Crippen molar-refractivity contribution in [1.82, 2.24) is 10.9 Å². The lowest BCUT2D eigenvalue weighted by atomic mass is 10.00. The van der Waals surface area contributed by atoms with Crippen molar-refractivity contribution in [3.63, 3.8) is 0 Å². The van der Waals surface area contributed by atoms with E-state index in [0.717, 1.165) is 0 Å². The monoisotopic (exact) mass is 476 g/mol. The van der Waals surface area contributed by atoms with Crippen molar-refractivity contribution in [3.8, 4) is 0 Å². The van der Waals surface area contributed by atoms with Crippen LogP contribution < -0.4 is 22.3 Å². The highest BCUT2D eigenvalue weighted by Crippen LogP contribution is 2.14. The van der Waals surface area contributed by atoms with Crippen LogP contribution >= 0.6 is 0 Å². The highest BCUT2D eigenvalue weighted by Gasteiger charge is 2.18. The Labute approximate surface area is 208 Å². The van der Waals surface area contributed by atoms with Gasteiger partial charge in [-0.25, -0.2) is 10.9 Å². The maximum Gasteiger partial charge on any atom is 0.273 e. The van der Waals surface area contributed by atoms with Crippen LogP contribution in [0.25, 0.3) is 0 Å². The summed E-state index contributed by atoms with van der Waals surface area (Å²) in [6, 6.07) is 31.8. The molecule has 8 heteroatoms. The summed E-state index contributed by atoms with van der Waals surface area (Å²) in [4.78, 5) is 25.7. The quantitative estimate of drug-likeness (QED) is 0.183. The first kappa shape index (κ1) is 23.9. The number of amides is 2. The number of nitrogens with one attached hydrogen (secondary N) is 2. The fraction of sp³-hybridized carbons (Fsp3) is 0. The number of hydrogen-bond donors (Lipinski definition) is 4. The second-order valence-corrected chi connectivity index (χ2v) is 7.71. The van der Waals surface area contributed by atoms with Crippen LogP contribution in [0, 0.1) is 0 Å². The van der Waals surface area contributed by atoms with E-state index in [-0.39, 0.29) is 0 Å². The number of rotatable bonds is 7. The Kier molecular flexibility index (Phi) is 7.47. The normalized spacial score (nSPS) is 11.6. The molecule has 178 valence electrons. The van der Waals surface area contributed by atoms with Crippen molar-refractivity contribution in [2.75, 3.05) is 11.5 Å². The van der Waals surface area contributed by atoms with Crippen LogP contribution in [-0.2, 0) is 0 Å². The maximum absolute atomic E-state index is 12.8. The van der Waals surface area contributed by atoms with E-state index in [1.54, 1.807) is 48.5 Å². The van der Waals surface area contributed by atoms with Gasteiger partial charge in [-0.2, -0.15) is 10.2 Å². The number of nitrogen functional groups attached to an aromatic ring is 2.